The number of aromatic amines is 1. The van der Waals surface area contributed by atoms with Crippen LogP contribution < -0.4 is 4.72 Å². The van der Waals surface area contributed by atoms with Crippen molar-refractivity contribution in [3.63, 3.8) is 0 Å². The second-order valence-electron chi connectivity index (χ2n) is 10.3. The summed E-state index contributed by atoms with van der Waals surface area (Å²) in [7, 11) is -2.34. The van der Waals surface area contributed by atoms with E-state index in [4.69, 9.17) is 8.94 Å². The van der Waals surface area contributed by atoms with Gasteiger partial charge >= 0.3 is 0 Å². The summed E-state index contributed by atoms with van der Waals surface area (Å²) in [4.78, 5) is 22.6. The van der Waals surface area contributed by atoms with Gasteiger partial charge in [-0.05, 0) is 54.8 Å². The molecule has 6 aromatic rings. The zero-order valence-electron chi connectivity index (χ0n) is 23.8. The van der Waals surface area contributed by atoms with Crippen LogP contribution in [0.1, 0.15) is 22.4 Å². The highest BCUT2D eigenvalue weighted by Gasteiger charge is 2.25. The lowest BCUT2D eigenvalue weighted by molar-refractivity contribution is -0.129. The molecule has 0 fully saturated rings. The van der Waals surface area contributed by atoms with Crippen molar-refractivity contribution in [1.29, 1.82) is 0 Å². The van der Waals surface area contributed by atoms with Crippen LogP contribution in [0.5, 0.6) is 0 Å². The van der Waals surface area contributed by atoms with Gasteiger partial charge in [0.2, 0.25) is 17.7 Å². The number of likely N-dealkylation sites (N-methyl/N-ethyl adjacent to an activating group) is 1. The Kier molecular flexibility index (Phi) is 7.32. The Labute approximate surface area is 248 Å². The summed E-state index contributed by atoms with van der Waals surface area (Å²) >= 11 is 0. The minimum Gasteiger partial charge on any atom is -0.445 e. The molecule has 0 aliphatic rings. The standard InChI is InChI=1S/C32H29N5O5S/c1-20-21(2)35-42-31(20)36-43(39,40)29-11-7-5-9-27(29)25-13-12-22(32-33-14-15-41-32)16-24(25)19-37(3)30(38)17-23-18-34-28-10-6-4-8-26(23)28/h4-16,18,34,36H,17,19H2,1-3H3. The lowest BCUT2D eigenvalue weighted by Crippen LogP contribution is -2.28. The van der Waals surface area contributed by atoms with Gasteiger partial charge in [0.25, 0.3) is 10.0 Å². The average Bonchev–Trinajstić information content (AvgIpc) is 3.76. The topological polar surface area (TPSA) is 134 Å². The maximum atomic E-state index is 13.6. The Morgan fingerprint density at radius 2 is 1.79 bits per heavy atom. The molecular weight excluding hydrogens is 566 g/mol. The molecule has 0 spiro atoms. The molecule has 10 nitrogen and oxygen atoms in total. The van der Waals surface area contributed by atoms with Crippen LogP contribution in [0.2, 0.25) is 0 Å². The largest absolute Gasteiger partial charge is 0.445 e. The van der Waals surface area contributed by atoms with Gasteiger partial charge in [0, 0.05) is 47.4 Å². The van der Waals surface area contributed by atoms with Crippen molar-refractivity contribution in [3.8, 4) is 22.6 Å². The summed E-state index contributed by atoms with van der Waals surface area (Å²) in [5.74, 6) is 0.393. The van der Waals surface area contributed by atoms with Crippen molar-refractivity contribution >= 4 is 32.7 Å². The Morgan fingerprint density at radius 1 is 1.00 bits per heavy atom. The van der Waals surface area contributed by atoms with Crippen molar-refractivity contribution in [2.75, 3.05) is 11.8 Å². The molecule has 0 aliphatic carbocycles. The predicted molar refractivity (Wildman–Crippen MR) is 163 cm³/mol. The number of fused-ring (bicyclic) bond motifs is 1. The van der Waals surface area contributed by atoms with Crippen LogP contribution in [0.25, 0.3) is 33.5 Å². The van der Waals surface area contributed by atoms with Crippen LogP contribution in [-0.4, -0.2) is 41.4 Å². The molecule has 0 bridgehead atoms. The molecule has 0 unspecified atom stereocenters. The Morgan fingerprint density at radius 3 is 2.56 bits per heavy atom. The van der Waals surface area contributed by atoms with E-state index in [9.17, 15) is 13.2 Å². The number of carbonyl (C=O) groups excluding carboxylic acids is 1. The minimum absolute atomic E-state index is 0.0568. The van der Waals surface area contributed by atoms with Crippen molar-refractivity contribution in [3.05, 3.63) is 108 Å². The number of para-hydroxylation sites is 1. The number of aryl methyl sites for hydroxylation is 1. The number of nitrogens with zero attached hydrogens (tertiary/aromatic N) is 3. The molecule has 0 aliphatic heterocycles. The first-order valence-corrected chi connectivity index (χ1v) is 15.1. The number of amides is 1. The Hall–Kier alpha value is -5.16. The molecule has 218 valence electrons. The van der Waals surface area contributed by atoms with Crippen molar-refractivity contribution < 1.29 is 22.2 Å². The van der Waals surface area contributed by atoms with Gasteiger partial charge < -0.3 is 18.8 Å². The second-order valence-corrected chi connectivity index (χ2v) is 12.0. The summed E-state index contributed by atoms with van der Waals surface area (Å²) in [6.45, 7) is 3.69. The van der Waals surface area contributed by atoms with Gasteiger partial charge in [0.1, 0.15) is 6.26 Å². The number of anilines is 1. The van der Waals surface area contributed by atoms with E-state index in [0.29, 0.717) is 33.8 Å². The maximum Gasteiger partial charge on any atom is 0.264 e. The number of sulfonamides is 1. The number of rotatable bonds is 9. The first-order valence-electron chi connectivity index (χ1n) is 13.6. The SMILES string of the molecule is Cc1noc(NS(=O)(=O)c2ccccc2-c2ccc(-c3ncco3)cc2CN(C)C(=O)Cc2c[nH]c3ccccc23)c1C. The summed E-state index contributed by atoms with van der Waals surface area (Å²) < 4.78 is 40.6. The molecule has 11 heteroatoms. The number of benzene rings is 3. The molecule has 3 aromatic carbocycles. The van der Waals surface area contributed by atoms with E-state index in [-0.39, 0.29) is 29.7 Å². The van der Waals surface area contributed by atoms with Crippen LogP contribution in [0.3, 0.4) is 0 Å². The van der Waals surface area contributed by atoms with Crippen molar-refractivity contribution in [1.82, 2.24) is 20.0 Å². The van der Waals surface area contributed by atoms with E-state index in [2.05, 4.69) is 19.8 Å². The molecule has 3 heterocycles. The van der Waals surface area contributed by atoms with Crippen LogP contribution in [0.4, 0.5) is 5.88 Å². The smallest absolute Gasteiger partial charge is 0.264 e. The number of hydrogen-bond acceptors (Lipinski definition) is 7. The predicted octanol–water partition coefficient (Wildman–Crippen LogP) is 6.10. The average molecular weight is 596 g/mol. The van der Waals surface area contributed by atoms with Crippen LogP contribution in [0.15, 0.2) is 99.2 Å². The molecule has 43 heavy (non-hydrogen) atoms. The van der Waals surface area contributed by atoms with Gasteiger partial charge in [-0.25, -0.2) is 18.1 Å². The molecule has 1 amide bonds. The quantitative estimate of drug-likeness (QED) is 0.206. The van der Waals surface area contributed by atoms with E-state index >= 15 is 0 Å². The highest BCUT2D eigenvalue weighted by Crippen LogP contribution is 2.35. The van der Waals surface area contributed by atoms with Gasteiger partial charge in [0.15, 0.2) is 0 Å². The molecule has 0 saturated heterocycles. The van der Waals surface area contributed by atoms with Crippen molar-refractivity contribution in [2.24, 2.45) is 0 Å². The number of nitrogens with one attached hydrogen (secondary N) is 2. The third-order valence-electron chi connectivity index (χ3n) is 7.49. The van der Waals surface area contributed by atoms with Gasteiger partial charge in [-0.1, -0.05) is 47.6 Å². The first-order chi connectivity index (χ1) is 20.7. The normalized spacial score (nSPS) is 11.6. The number of hydrogen-bond donors (Lipinski definition) is 2. The highest BCUT2D eigenvalue weighted by molar-refractivity contribution is 7.92. The fourth-order valence-electron chi connectivity index (χ4n) is 5.02. The highest BCUT2D eigenvalue weighted by atomic mass is 32.2. The number of carbonyl (C=O) groups is 1. The van der Waals surface area contributed by atoms with E-state index in [1.165, 1.54) is 12.3 Å². The monoisotopic (exact) mass is 595 g/mol. The van der Waals surface area contributed by atoms with E-state index in [1.807, 2.05) is 48.7 Å². The Bertz CT molecular complexity index is 2040. The number of H-pyrrole nitrogens is 1. The van der Waals surface area contributed by atoms with E-state index < -0.39 is 10.0 Å². The molecule has 3 aromatic heterocycles. The van der Waals surface area contributed by atoms with Gasteiger partial charge in [-0.15, -0.1) is 0 Å². The van der Waals surface area contributed by atoms with Crippen LogP contribution in [-0.2, 0) is 27.8 Å². The number of oxazole rings is 1. The lowest BCUT2D eigenvalue weighted by Gasteiger charge is -2.21. The molecule has 6 rings (SSSR count). The van der Waals surface area contributed by atoms with E-state index in [1.54, 1.807) is 50.2 Å². The zero-order valence-corrected chi connectivity index (χ0v) is 24.6. The second kappa shape index (κ2) is 11.3. The first kappa shape index (κ1) is 28.0. The number of aromatic nitrogens is 3. The van der Waals surface area contributed by atoms with Gasteiger partial charge in [-0.2, -0.15) is 0 Å². The summed E-state index contributed by atoms with van der Waals surface area (Å²) in [6, 6.07) is 20.1. The molecule has 2 N–H and O–H groups in total. The Balaban J connectivity index is 1.37. The molecular formula is C32H29N5O5S. The van der Waals surface area contributed by atoms with Crippen LogP contribution in [0, 0.1) is 13.8 Å². The van der Waals surface area contributed by atoms with Gasteiger partial charge in [-0.3, -0.25) is 4.79 Å². The molecule has 0 atom stereocenters. The van der Waals surface area contributed by atoms with Gasteiger partial charge in [0.05, 0.1) is 23.2 Å². The summed E-state index contributed by atoms with van der Waals surface area (Å²) in [6.07, 6.45) is 5.11. The lowest BCUT2D eigenvalue weighted by atomic mass is 9.96. The molecule has 0 radical (unpaired) electrons. The zero-order chi connectivity index (χ0) is 30.1. The van der Waals surface area contributed by atoms with Crippen molar-refractivity contribution in [2.45, 2.75) is 31.7 Å². The third-order valence-corrected chi connectivity index (χ3v) is 8.87. The summed E-state index contributed by atoms with van der Waals surface area (Å²) in [5, 5.41) is 4.86. The fraction of sp³-hybridized carbons (Fsp3) is 0.156. The minimum atomic E-state index is -4.07. The van der Waals surface area contributed by atoms with Crippen LogP contribution >= 0.6 is 0 Å². The third kappa shape index (κ3) is 5.54. The summed E-state index contributed by atoms with van der Waals surface area (Å²) in [5.41, 5.74) is 5.61. The fourth-order valence-corrected chi connectivity index (χ4v) is 6.29. The van der Waals surface area contributed by atoms with E-state index in [0.717, 1.165) is 22.0 Å². The molecule has 0 saturated carbocycles. The maximum absolute atomic E-state index is 13.6.